The summed E-state index contributed by atoms with van der Waals surface area (Å²) >= 11 is 0. The summed E-state index contributed by atoms with van der Waals surface area (Å²) < 4.78 is 7.55. The standard InChI is InChI=1S/C14H17N3O/c1-10(2)6-17-9-15-16-14(17)11-3-4-12-7-18-8-13(12)5-11/h3-5,9-10H,6-8H2,1-2H3. The Morgan fingerprint density at radius 1 is 1.28 bits per heavy atom. The van der Waals surface area contributed by atoms with Crippen molar-refractivity contribution >= 4 is 0 Å². The van der Waals surface area contributed by atoms with E-state index in [9.17, 15) is 0 Å². The normalized spacial score (nSPS) is 14.2. The summed E-state index contributed by atoms with van der Waals surface area (Å²) in [6.07, 6.45) is 1.80. The smallest absolute Gasteiger partial charge is 0.163 e. The van der Waals surface area contributed by atoms with E-state index in [4.69, 9.17) is 4.74 Å². The van der Waals surface area contributed by atoms with E-state index in [2.05, 4.69) is 46.8 Å². The number of hydrogen-bond donors (Lipinski definition) is 0. The molecule has 1 aliphatic heterocycles. The van der Waals surface area contributed by atoms with Gasteiger partial charge in [-0.15, -0.1) is 10.2 Å². The zero-order valence-electron chi connectivity index (χ0n) is 10.8. The molecule has 4 nitrogen and oxygen atoms in total. The maximum atomic E-state index is 5.44. The van der Waals surface area contributed by atoms with E-state index in [-0.39, 0.29) is 0 Å². The number of rotatable bonds is 3. The lowest BCUT2D eigenvalue weighted by atomic mass is 10.1. The van der Waals surface area contributed by atoms with E-state index in [1.54, 1.807) is 6.33 Å². The zero-order valence-corrected chi connectivity index (χ0v) is 10.8. The van der Waals surface area contributed by atoms with Crippen molar-refractivity contribution in [3.05, 3.63) is 35.7 Å². The first-order chi connectivity index (χ1) is 8.74. The van der Waals surface area contributed by atoms with Gasteiger partial charge >= 0.3 is 0 Å². The third kappa shape index (κ3) is 2.04. The number of aromatic nitrogens is 3. The van der Waals surface area contributed by atoms with E-state index < -0.39 is 0 Å². The molecule has 18 heavy (non-hydrogen) atoms. The molecule has 0 aliphatic carbocycles. The second kappa shape index (κ2) is 4.53. The van der Waals surface area contributed by atoms with Crippen LogP contribution >= 0.6 is 0 Å². The molecule has 1 aromatic carbocycles. The molecule has 0 bridgehead atoms. The van der Waals surface area contributed by atoms with Crippen LogP contribution in [0.15, 0.2) is 24.5 Å². The van der Waals surface area contributed by atoms with E-state index in [0.717, 1.165) is 24.5 Å². The fraction of sp³-hybridized carbons (Fsp3) is 0.429. The summed E-state index contributed by atoms with van der Waals surface area (Å²) in [6.45, 7) is 6.77. The molecule has 0 spiro atoms. The summed E-state index contributed by atoms with van der Waals surface area (Å²) in [5.41, 5.74) is 3.68. The highest BCUT2D eigenvalue weighted by Crippen LogP contribution is 2.26. The highest BCUT2D eigenvalue weighted by atomic mass is 16.5. The number of benzene rings is 1. The van der Waals surface area contributed by atoms with Gasteiger partial charge in [-0.05, 0) is 23.1 Å². The van der Waals surface area contributed by atoms with Crippen LogP contribution in [0.4, 0.5) is 0 Å². The Morgan fingerprint density at radius 3 is 2.94 bits per heavy atom. The van der Waals surface area contributed by atoms with Gasteiger partial charge in [0.1, 0.15) is 6.33 Å². The maximum Gasteiger partial charge on any atom is 0.163 e. The molecule has 0 saturated heterocycles. The van der Waals surface area contributed by atoms with E-state index in [0.29, 0.717) is 12.5 Å². The SMILES string of the molecule is CC(C)Cn1cnnc1-c1ccc2c(c1)COC2. The molecule has 2 heterocycles. The number of nitrogens with zero attached hydrogens (tertiary/aromatic N) is 3. The van der Waals surface area contributed by atoms with Crippen LogP contribution in [0.1, 0.15) is 25.0 Å². The minimum absolute atomic E-state index is 0.581. The van der Waals surface area contributed by atoms with Gasteiger partial charge in [0, 0.05) is 12.1 Å². The minimum Gasteiger partial charge on any atom is -0.372 e. The van der Waals surface area contributed by atoms with Crippen molar-refractivity contribution in [2.24, 2.45) is 5.92 Å². The molecule has 0 N–H and O–H groups in total. The lowest BCUT2D eigenvalue weighted by Gasteiger charge is -2.09. The number of fused-ring (bicyclic) bond motifs is 1. The van der Waals surface area contributed by atoms with Crippen LogP contribution in [0.3, 0.4) is 0 Å². The maximum absolute atomic E-state index is 5.44. The van der Waals surface area contributed by atoms with Gasteiger partial charge in [0.15, 0.2) is 5.82 Å². The van der Waals surface area contributed by atoms with Crippen LogP contribution in [0.25, 0.3) is 11.4 Å². The van der Waals surface area contributed by atoms with Crippen LogP contribution in [-0.2, 0) is 24.5 Å². The van der Waals surface area contributed by atoms with Crippen LogP contribution in [0.2, 0.25) is 0 Å². The van der Waals surface area contributed by atoms with E-state index >= 15 is 0 Å². The average molecular weight is 243 g/mol. The van der Waals surface area contributed by atoms with Crippen LogP contribution in [0.5, 0.6) is 0 Å². The van der Waals surface area contributed by atoms with Gasteiger partial charge in [0.2, 0.25) is 0 Å². The lowest BCUT2D eigenvalue weighted by molar-refractivity contribution is 0.134. The summed E-state index contributed by atoms with van der Waals surface area (Å²) in [7, 11) is 0. The lowest BCUT2D eigenvalue weighted by Crippen LogP contribution is -2.05. The van der Waals surface area contributed by atoms with Crippen molar-refractivity contribution in [1.29, 1.82) is 0 Å². The molecule has 2 aromatic rings. The highest BCUT2D eigenvalue weighted by molar-refractivity contribution is 5.57. The second-order valence-electron chi connectivity index (χ2n) is 5.18. The second-order valence-corrected chi connectivity index (χ2v) is 5.18. The first kappa shape index (κ1) is 11.4. The minimum atomic E-state index is 0.581. The molecule has 0 atom stereocenters. The third-order valence-corrected chi connectivity index (χ3v) is 3.16. The Bertz CT molecular complexity index is 560. The Balaban J connectivity index is 1.97. The van der Waals surface area contributed by atoms with Crippen molar-refractivity contribution in [3.8, 4) is 11.4 Å². The summed E-state index contributed by atoms with van der Waals surface area (Å²) in [5.74, 6) is 1.52. The summed E-state index contributed by atoms with van der Waals surface area (Å²) in [4.78, 5) is 0. The quantitative estimate of drug-likeness (QED) is 0.832. The van der Waals surface area contributed by atoms with Gasteiger partial charge in [0.25, 0.3) is 0 Å². The Kier molecular flexibility index (Phi) is 2.88. The van der Waals surface area contributed by atoms with Gasteiger partial charge in [0.05, 0.1) is 13.2 Å². The molecule has 4 heteroatoms. The molecule has 0 amide bonds. The summed E-state index contributed by atoms with van der Waals surface area (Å²) in [6, 6.07) is 6.41. The molecular formula is C14H17N3O. The van der Waals surface area contributed by atoms with Crippen LogP contribution < -0.4 is 0 Å². The summed E-state index contributed by atoms with van der Waals surface area (Å²) in [5, 5.41) is 8.26. The van der Waals surface area contributed by atoms with Gasteiger partial charge in [-0.2, -0.15) is 0 Å². The van der Waals surface area contributed by atoms with Crippen molar-refractivity contribution < 1.29 is 4.74 Å². The van der Waals surface area contributed by atoms with Crippen molar-refractivity contribution in [3.63, 3.8) is 0 Å². The van der Waals surface area contributed by atoms with E-state index in [1.807, 2.05) is 0 Å². The molecule has 0 saturated carbocycles. The predicted octanol–water partition coefficient (Wildman–Crippen LogP) is 2.63. The first-order valence-corrected chi connectivity index (χ1v) is 6.32. The van der Waals surface area contributed by atoms with Crippen LogP contribution in [0, 0.1) is 5.92 Å². The Hall–Kier alpha value is -1.68. The molecule has 1 aromatic heterocycles. The highest BCUT2D eigenvalue weighted by Gasteiger charge is 2.14. The van der Waals surface area contributed by atoms with Crippen molar-refractivity contribution in [2.45, 2.75) is 33.6 Å². The molecule has 1 aliphatic rings. The van der Waals surface area contributed by atoms with E-state index in [1.165, 1.54) is 11.1 Å². The largest absolute Gasteiger partial charge is 0.372 e. The fourth-order valence-corrected chi connectivity index (χ4v) is 2.32. The molecule has 0 radical (unpaired) electrons. The van der Waals surface area contributed by atoms with Crippen LogP contribution in [-0.4, -0.2) is 14.8 Å². The van der Waals surface area contributed by atoms with Gasteiger partial charge in [-0.1, -0.05) is 26.0 Å². The van der Waals surface area contributed by atoms with Gasteiger partial charge in [-0.25, -0.2) is 0 Å². The van der Waals surface area contributed by atoms with Crippen molar-refractivity contribution in [1.82, 2.24) is 14.8 Å². The van der Waals surface area contributed by atoms with Crippen molar-refractivity contribution in [2.75, 3.05) is 0 Å². The topological polar surface area (TPSA) is 39.9 Å². The predicted molar refractivity (Wildman–Crippen MR) is 68.8 cm³/mol. The fourth-order valence-electron chi connectivity index (χ4n) is 2.32. The average Bonchev–Trinajstić information content (AvgIpc) is 2.95. The van der Waals surface area contributed by atoms with Gasteiger partial charge < -0.3 is 9.30 Å². The molecule has 0 fully saturated rings. The number of hydrogen-bond acceptors (Lipinski definition) is 3. The third-order valence-electron chi connectivity index (χ3n) is 3.16. The first-order valence-electron chi connectivity index (χ1n) is 6.32. The number of ether oxygens (including phenoxy) is 1. The zero-order chi connectivity index (χ0) is 12.5. The molecule has 94 valence electrons. The molecule has 0 unspecified atom stereocenters. The van der Waals surface area contributed by atoms with Gasteiger partial charge in [-0.3, -0.25) is 0 Å². The Morgan fingerprint density at radius 2 is 2.11 bits per heavy atom. The molecular weight excluding hydrogens is 226 g/mol. The monoisotopic (exact) mass is 243 g/mol. The molecule has 3 rings (SSSR count). The Labute approximate surface area is 107 Å².